The Morgan fingerprint density at radius 3 is 1.89 bits per heavy atom. The van der Waals surface area contributed by atoms with E-state index in [-0.39, 0.29) is 58.4 Å². The van der Waals surface area contributed by atoms with Gasteiger partial charge in [-0.2, -0.15) is 0 Å². The summed E-state index contributed by atoms with van der Waals surface area (Å²) in [7, 11) is 4.41. The molecule has 5 aromatic carbocycles. The predicted octanol–water partition coefficient (Wildman–Crippen LogP) is 10.2. The molecule has 0 unspecified atom stereocenters. The Kier molecular flexibility index (Phi) is 22.1. The molecular weight excluding hydrogens is 1250 g/mol. The summed E-state index contributed by atoms with van der Waals surface area (Å²) in [4.78, 5) is 114. The van der Waals surface area contributed by atoms with Gasteiger partial charge in [-0.3, -0.25) is 19.2 Å². The Hall–Kier alpha value is -8.36. The number of hydrogen-bond acceptors (Lipinski definition) is 22. The molecule has 6 aromatic rings. The SMILES string of the molecule is COC[C@H](CS[C@]1(C(=O)OC(c2ccccc2)c2ccccc2)CN2C(=O)[C@@H](NC(=O)/C(=N\OC(C)(C)C(=O)OC(C)(C)C)c3csc(N)n3)[C@H]2S1)N(C(=O)OC(C)(C)C)C(=O)C(=O)c1ccc(OCc2ccc(OC)cc2)c(OCc2ccc(OC)cc2)c1Cl. The number of Topliss-reactive ketones (excluding diaryl/α,β-unsaturated/α-hetero) is 1. The number of nitrogens with zero attached hydrogens (tertiary/aromatic N) is 4. The number of aromatic nitrogens is 1. The Labute approximate surface area is 544 Å². The first-order chi connectivity index (χ1) is 43.1. The number of hydrogen-bond donors (Lipinski definition) is 2. The summed E-state index contributed by atoms with van der Waals surface area (Å²) in [5.74, 6) is -4.81. The van der Waals surface area contributed by atoms with E-state index in [1.165, 1.54) is 50.5 Å². The number of fused-ring (bicyclic) bond motifs is 1. The molecule has 2 aliphatic rings. The van der Waals surface area contributed by atoms with E-state index in [1.54, 1.807) is 146 Å². The van der Waals surface area contributed by atoms with Crippen molar-refractivity contribution in [1.82, 2.24) is 20.1 Å². The van der Waals surface area contributed by atoms with E-state index in [2.05, 4.69) is 15.5 Å². The zero-order valence-electron chi connectivity index (χ0n) is 52.0. The number of imide groups is 1. The number of anilines is 1. The van der Waals surface area contributed by atoms with Gasteiger partial charge in [0.15, 0.2) is 32.5 Å². The first-order valence-electron chi connectivity index (χ1n) is 28.5. The Balaban J connectivity index is 1.13. The van der Waals surface area contributed by atoms with Crippen molar-refractivity contribution in [1.29, 1.82) is 0 Å². The standard InChI is InChI=1S/C65H71ClN6O16S3/c1-62(2,3)86-58(77)64(7,8)88-70-49(46-36-89-60(67)68-46)54(74)69-50-55(75)71-37-65(91-57(50)71,59(78)85-52(40-18-14-12-15-19-40)41-20-16-13-17-21-41)90-35-42(34-80-9)72(61(79)87-63(4,5)6)56(76)51(73)45-30-31-47(83-32-38-22-26-43(81-10)27-23-38)53(48(45)66)84-33-39-24-28-44(82-11)29-25-39/h12-31,36,42,50,52,57H,32-35,37H2,1-11H3,(H2,67,68)(H,69,74)/b70-49-/t42-,50-,57-,65-/m1/s1. The lowest BCUT2D eigenvalue weighted by Gasteiger charge is -2.41. The van der Waals surface area contributed by atoms with Gasteiger partial charge < -0.3 is 58.7 Å². The molecular formula is C65H71ClN6O16S3. The van der Waals surface area contributed by atoms with Crippen LogP contribution in [0, 0.1) is 0 Å². The van der Waals surface area contributed by atoms with Gasteiger partial charge in [-0.25, -0.2) is 24.3 Å². The number of rotatable bonds is 26. The fraction of sp³-hybridized carbons (Fsp3) is 0.369. The first-order valence-corrected chi connectivity index (χ1v) is 31.7. The number of β-lactam (4-membered cyclic amide) rings is 1. The molecule has 4 amide bonds. The average molecular weight is 1320 g/mol. The lowest BCUT2D eigenvalue weighted by molar-refractivity contribution is -0.179. The highest BCUT2D eigenvalue weighted by Gasteiger charge is 2.64. The number of oxime groups is 1. The first kappa shape index (κ1) is 68.5. The van der Waals surface area contributed by atoms with Crippen LogP contribution in [-0.2, 0) is 61.0 Å². The molecule has 2 fully saturated rings. The summed E-state index contributed by atoms with van der Waals surface area (Å²) in [5.41, 5.74) is 4.05. The van der Waals surface area contributed by atoms with Crippen molar-refractivity contribution < 1.29 is 76.3 Å². The molecule has 2 saturated heterocycles. The number of carbonyl (C=O) groups is 7. The van der Waals surface area contributed by atoms with Crippen LogP contribution in [0.15, 0.2) is 132 Å². The second kappa shape index (κ2) is 29.3. The number of thiazole rings is 1. The number of nitrogens with two attached hydrogens (primary N) is 1. The van der Waals surface area contributed by atoms with Crippen LogP contribution in [-0.4, -0.2) is 141 Å². The van der Waals surface area contributed by atoms with Crippen LogP contribution in [0.3, 0.4) is 0 Å². The molecule has 3 heterocycles. The second-order valence-electron chi connectivity index (χ2n) is 23.3. The summed E-state index contributed by atoms with van der Waals surface area (Å²) in [6, 6.07) is 32.2. The number of ether oxygens (including phenoxy) is 8. The number of nitrogens with one attached hydrogen (secondary N) is 1. The van der Waals surface area contributed by atoms with Gasteiger partial charge in [-0.1, -0.05) is 102 Å². The van der Waals surface area contributed by atoms with Crippen LogP contribution >= 0.6 is 46.5 Å². The fourth-order valence-electron chi connectivity index (χ4n) is 9.13. The zero-order valence-corrected chi connectivity index (χ0v) is 55.2. The summed E-state index contributed by atoms with van der Waals surface area (Å²) in [6.07, 6.45) is -2.22. The molecule has 0 aliphatic carbocycles. The number of amides is 4. The second-order valence-corrected chi connectivity index (χ2v) is 27.6. The van der Waals surface area contributed by atoms with Crippen LogP contribution in [0.5, 0.6) is 23.0 Å². The monoisotopic (exact) mass is 1320 g/mol. The van der Waals surface area contributed by atoms with E-state index in [4.69, 9.17) is 60.1 Å². The molecule has 0 spiro atoms. The van der Waals surface area contributed by atoms with Gasteiger partial charge >= 0.3 is 23.9 Å². The fourth-order valence-corrected chi connectivity index (χ4v) is 13.2. The quantitative estimate of drug-likeness (QED) is 0.00971. The molecule has 0 bridgehead atoms. The van der Waals surface area contributed by atoms with Crippen LogP contribution in [0.4, 0.5) is 9.93 Å². The number of thioether (sulfide) groups is 2. The topological polar surface area (TPSA) is 272 Å². The molecule has 3 N–H and O–H groups in total. The van der Waals surface area contributed by atoms with Gasteiger partial charge in [0.05, 0.1) is 44.0 Å². The molecule has 91 heavy (non-hydrogen) atoms. The van der Waals surface area contributed by atoms with Gasteiger partial charge in [0.2, 0.25) is 11.5 Å². The maximum Gasteiger partial charge on any atom is 0.417 e. The lowest BCUT2D eigenvalue weighted by Crippen LogP contribution is -2.68. The summed E-state index contributed by atoms with van der Waals surface area (Å²) in [6.45, 7) is 11.8. The number of halogens is 1. The minimum Gasteiger partial charge on any atom is -0.497 e. The minimum absolute atomic E-state index is 0.0247. The Morgan fingerprint density at radius 1 is 0.791 bits per heavy atom. The van der Waals surface area contributed by atoms with Crippen LogP contribution in [0.1, 0.15) is 99.8 Å². The smallest absolute Gasteiger partial charge is 0.417 e. The number of esters is 2. The maximum atomic E-state index is 15.5. The summed E-state index contributed by atoms with van der Waals surface area (Å²) < 4.78 is 44.9. The van der Waals surface area contributed by atoms with Gasteiger partial charge in [-0.05, 0) is 114 Å². The highest BCUT2D eigenvalue weighted by atomic mass is 35.5. The van der Waals surface area contributed by atoms with Gasteiger partial charge in [0.1, 0.15) is 53.0 Å². The third-order valence-electron chi connectivity index (χ3n) is 13.7. The van der Waals surface area contributed by atoms with E-state index in [0.717, 1.165) is 40.4 Å². The van der Waals surface area contributed by atoms with E-state index < -0.39 is 98.3 Å². The van der Waals surface area contributed by atoms with Gasteiger partial charge in [0, 0.05) is 18.2 Å². The van der Waals surface area contributed by atoms with E-state index in [0.29, 0.717) is 33.1 Å². The number of carbonyl (C=O) groups excluding carboxylic acids is 7. The predicted molar refractivity (Wildman–Crippen MR) is 344 cm³/mol. The van der Waals surface area contributed by atoms with E-state index in [9.17, 15) is 24.0 Å². The minimum atomic E-state index is -1.79. The third kappa shape index (κ3) is 17.0. The van der Waals surface area contributed by atoms with E-state index >= 15 is 9.59 Å². The molecule has 482 valence electrons. The largest absolute Gasteiger partial charge is 0.497 e. The van der Waals surface area contributed by atoms with Crippen molar-refractivity contribution in [3.63, 3.8) is 0 Å². The Morgan fingerprint density at radius 2 is 1.36 bits per heavy atom. The Bertz CT molecular complexity index is 3600. The summed E-state index contributed by atoms with van der Waals surface area (Å²) in [5, 5.41) is 7.08. The summed E-state index contributed by atoms with van der Waals surface area (Å²) >= 11 is 10.0. The average Bonchev–Trinajstić information content (AvgIpc) is 1.71. The van der Waals surface area contributed by atoms with Crippen molar-refractivity contribution >= 4 is 98.8 Å². The van der Waals surface area contributed by atoms with Crippen molar-refractivity contribution in [2.75, 3.05) is 46.0 Å². The van der Waals surface area contributed by atoms with Gasteiger partial charge in [0.25, 0.3) is 11.7 Å². The molecule has 22 nitrogen and oxygen atoms in total. The number of ketones is 1. The van der Waals surface area contributed by atoms with Crippen molar-refractivity contribution in [2.24, 2.45) is 5.16 Å². The van der Waals surface area contributed by atoms with Crippen LogP contribution < -0.4 is 30.0 Å². The van der Waals surface area contributed by atoms with Crippen LogP contribution in [0.2, 0.25) is 5.02 Å². The number of nitrogen functional groups attached to an aromatic ring is 1. The molecule has 1 aromatic heterocycles. The third-order valence-corrected chi connectivity index (χ3v) is 18.2. The van der Waals surface area contributed by atoms with Crippen molar-refractivity contribution in [2.45, 2.75) is 113 Å². The normalized spacial score (nSPS) is 16.8. The molecule has 2 aliphatic heterocycles. The van der Waals surface area contributed by atoms with Crippen molar-refractivity contribution in [3.8, 4) is 23.0 Å². The molecule has 26 heteroatoms. The highest BCUT2D eigenvalue weighted by Crippen LogP contribution is 2.54. The van der Waals surface area contributed by atoms with Crippen molar-refractivity contribution in [3.05, 3.63) is 165 Å². The number of methoxy groups -OCH3 is 3. The molecule has 8 rings (SSSR count). The lowest BCUT2D eigenvalue weighted by atomic mass is 10.0. The molecule has 4 atom stereocenters. The van der Waals surface area contributed by atoms with Gasteiger partial charge in [-0.15, -0.1) is 34.9 Å². The maximum absolute atomic E-state index is 15.5. The van der Waals surface area contributed by atoms with E-state index in [1.807, 2.05) is 12.1 Å². The molecule has 0 radical (unpaired) electrons. The highest BCUT2D eigenvalue weighted by molar-refractivity contribution is 8.20. The zero-order chi connectivity index (χ0) is 66.0. The molecule has 0 saturated carbocycles. The van der Waals surface area contributed by atoms with Crippen LogP contribution in [0.25, 0.3) is 0 Å². The number of benzene rings is 5.